The normalized spacial score (nSPS) is 60.1. The fraction of sp³-hybridized carbons (Fsp3) is 0.926. The van der Waals surface area contributed by atoms with Crippen molar-refractivity contribution in [3.8, 4) is 0 Å². The fourth-order valence-electron chi connectivity index (χ4n) is 10.4. The van der Waals surface area contributed by atoms with Gasteiger partial charge in [0, 0.05) is 18.6 Å². The van der Waals surface area contributed by atoms with Crippen LogP contribution in [-0.4, -0.2) is 45.9 Å². The Hall–Kier alpha value is -0.380. The van der Waals surface area contributed by atoms with Crippen molar-refractivity contribution in [3.05, 3.63) is 11.6 Å². The van der Waals surface area contributed by atoms with Crippen LogP contribution in [0.1, 0.15) is 79.1 Å². The highest BCUT2D eigenvalue weighted by Crippen LogP contribution is 2.69. The van der Waals surface area contributed by atoms with Gasteiger partial charge in [0.15, 0.2) is 0 Å². The molecule has 3 heteroatoms. The molecule has 6 aliphatic rings. The Kier molecular flexibility index (Phi) is 4.44. The standard InChI is InChI=1S/C27H43NO2/c1-15-5-6-21-16(2)25-22(28(21)14-15)13-20-24-19(8-10-27(20,25)4)26(3)9-7-18(29)11-17(26)12-23(24)30/h12,15-16,18-25,29-30H,5-11,13-14H2,1-4H3/t15-,16+,18-,19-,20-,21+,22-,23?,24+,25-,26-,27-/m0/s1. The van der Waals surface area contributed by atoms with Gasteiger partial charge < -0.3 is 10.2 Å². The van der Waals surface area contributed by atoms with E-state index in [4.69, 9.17) is 0 Å². The number of rotatable bonds is 0. The lowest BCUT2D eigenvalue weighted by Crippen LogP contribution is -2.55. The molecule has 0 aromatic carbocycles. The second-order valence-corrected chi connectivity index (χ2v) is 13.0. The topological polar surface area (TPSA) is 43.7 Å². The summed E-state index contributed by atoms with van der Waals surface area (Å²) in [5.74, 6) is 4.14. The lowest BCUT2D eigenvalue weighted by molar-refractivity contribution is -0.0974. The predicted octanol–water partition coefficient (Wildman–Crippen LogP) is 4.63. The molecule has 0 aromatic heterocycles. The van der Waals surface area contributed by atoms with Crippen LogP contribution in [0.4, 0.5) is 0 Å². The third kappa shape index (κ3) is 2.49. The third-order valence-electron chi connectivity index (χ3n) is 11.7. The lowest BCUT2D eigenvalue weighted by Gasteiger charge is -2.59. The van der Waals surface area contributed by atoms with Gasteiger partial charge in [-0.05, 0) is 97.7 Å². The Morgan fingerprint density at radius 2 is 1.77 bits per heavy atom. The van der Waals surface area contributed by atoms with Gasteiger partial charge in [-0.2, -0.15) is 0 Å². The van der Waals surface area contributed by atoms with E-state index in [1.165, 1.54) is 44.2 Å². The van der Waals surface area contributed by atoms with Gasteiger partial charge in [-0.3, -0.25) is 4.90 Å². The number of piperidine rings is 1. The summed E-state index contributed by atoms with van der Waals surface area (Å²) in [6.07, 6.45) is 11.3. The molecule has 2 heterocycles. The van der Waals surface area contributed by atoms with E-state index in [2.05, 4.69) is 38.7 Å². The fourth-order valence-corrected chi connectivity index (χ4v) is 10.4. The molecule has 0 radical (unpaired) electrons. The van der Waals surface area contributed by atoms with Gasteiger partial charge in [-0.1, -0.05) is 39.3 Å². The maximum absolute atomic E-state index is 11.4. The van der Waals surface area contributed by atoms with Crippen LogP contribution < -0.4 is 0 Å². The van der Waals surface area contributed by atoms with Crippen molar-refractivity contribution in [2.24, 2.45) is 46.3 Å². The summed E-state index contributed by atoms with van der Waals surface area (Å²) < 4.78 is 0. The summed E-state index contributed by atoms with van der Waals surface area (Å²) in [6.45, 7) is 11.4. The van der Waals surface area contributed by atoms with Crippen molar-refractivity contribution in [1.29, 1.82) is 0 Å². The highest BCUT2D eigenvalue weighted by molar-refractivity contribution is 5.29. The second-order valence-electron chi connectivity index (χ2n) is 13.0. The second kappa shape index (κ2) is 6.58. The zero-order valence-electron chi connectivity index (χ0n) is 19.6. The average molecular weight is 414 g/mol. The zero-order chi connectivity index (χ0) is 21.0. The molecule has 2 aliphatic heterocycles. The summed E-state index contributed by atoms with van der Waals surface area (Å²) in [4.78, 5) is 2.94. The van der Waals surface area contributed by atoms with Crippen LogP contribution in [0.25, 0.3) is 0 Å². The first kappa shape index (κ1) is 20.2. The summed E-state index contributed by atoms with van der Waals surface area (Å²) in [7, 11) is 0. The van der Waals surface area contributed by atoms with E-state index in [0.717, 1.165) is 49.1 Å². The molecule has 3 saturated carbocycles. The molecular weight excluding hydrogens is 370 g/mol. The van der Waals surface area contributed by atoms with Crippen LogP contribution in [0.5, 0.6) is 0 Å². The van der Waals surface area contributed by atoms with E-state index in [1.54, 1.807) is 0 Å². The van der Waals surface area contributed by atoms with E-state index in [0.29, 0.717) is 23.2 Å². The highest BCUT2D eigenvalue weighted by atomic mass is 16.3. The molecule has 168 valence electrons. The molecule has 0 amide bonds. The van der Waals surface area contributed by atoms with Crippen molar-refractivity contribution < 1.29 is 10.2 Å². The molecule has 2 N–H and O–H groups in total. The predicted molar refractivity (Wildman–Crippen MR) is 120 cm³/mol. The van der Waals surface area contributed by atoms with Gasteiger partial charge in [0.25, 0.3) is 0 Å². The minimum atomic E-state index is -0.307. The maximum atomic E-state index is 11.4. The number of fused-ring (bicyclic) bond motifs is 9. The Labute approximate surface area is 183 Å². The van der Waals surface area contributed by atoms with Crippen LogP contribution in [-0.2, 0) is 0 Å². The number of nitrogens with zero attached hydrogens (tertiary/aromatic N) is 1. The Morgan fingerprint density at radius 3 is 2.57 bits per heavy atom. The van der Waals surface area contributed by atoms with Crippen molar-refractivity contribution in [3.63, 3.8) is 0 Å². The van der Waals surface area contributed by atoms with Crippen LogP contribution in [0, 0.1) is 46.3 Å². The molecule has 3 nitrogen and oxygen atoms in total. The number of hydrogen-bond donors (Lipinski definition) is 2. The number of aliphatic hydroxyl groups excluding tert-OH is 2. The molecule has 2 saturated heterocycles. The summed E-state index contributed by atoms with van der Waals surface area (Å²) >= 11 is 0. The molecule has 0 aromatic rings. The lowest BCUT2D eigenvalue weighted by atomic mass is 9.46. The van der Waals surface area contributed by atoms with Gasteiger partial charge >= 0.3 is 0 Å². The molecule has 4 aliphatic carbocycles. The van der Waals surface area contributed by atoms with Crippen molar-refractivity contribution in [2.45, 2.75) is 103 Å². The van der Waals surface area contributed by atoms with Gasteiger partial charge in [-0.25, -0.2) is 0 Å². The number of aliphatic hydroxyl groups is 2. The molecule has 0 bridgehead atoms. The van der Waals surface area contributed by atoms with Crippen molar-refractivity contribution in [1.82, 2.24) is 4.90 Å². The van der Waals surface area contributed by atoms with Gasteiger partial charge in [-0.15, -0.1) is 0 Å². The average Bonchev–Trinajstić information content (AvgIpc) is 3.15. The third-order valence-corrected chi connectivity index (χ3v) is 11.7. The Bertz CT molecular complexity index is 749. The Morgan fingerprint density at radius 1 is 0.967 bits per heavy atom. The Balaban J connectivity index is 1.36. The smallest absolute Gasteiger partial charge is 0.0757 e. The summed E-state index contributed by atoms with van der Waals surface area (Å²) in [5, 5.41) is 21.7. The maximum Gasteiger partial charge on any atom is 0.0757 e. The molecule has 1 unspecified atom stereocenters. The summed E-state index contributed by atoms with van der Waals surface area (Å²) in [6, 6.07) is 1.56. The van der Waals surface area contributed by atoms with Crippen LogP contribution in [0.2, 0.25) is 0 Å². The molecule has 0 spiro atoms. The SMILES string of the molecule is C[C@H]1CC[C@@H]2[C@@H](C)[C@H]3[C@H](C[C@H]4[C@@H]5C(O)C=C6C[C@@H](O)CC[C@]6(C)[C@H]5CC[C@]34C)N2C1. The van der Waals surface area contributed by atoms with E-state index in [9.17, 15) is 10.2 Å². The number of hydrogen-bond acceptors (Lipinski definition) is 3. The van der Waals surface area contributed by atoms with Crippen molar-refractivity contribution in [2.75, 3.05) is 6.54 Å². The summed E-state index contributed by atoms with van der Waals surface area (Å²) in [5.41, 5.74) is 1.97. The van der Waals surface area contributed by atoms with Gasteiger partial charge in [0.05, 0.1) is 12.2 Å². The molecule has 5 fully saturated rings. The first-order chi connectivity index (χ1) is 14.2. The monoisotopic (exact) mass is 413 g/mol. The van der Waals surface area contributed by atoms with E-state index < -0.39 is 0 Å². The van der Waals surface area contributed by atoms with E-state index in [1.807, 2.05) is 0 Å². The minimum Gasteiger partial charge on any atom is -0.393 e. The van der Waals surface area contributed by atoms with Crippen LogP contribution in [0.15, 0.2) is 11.6 Å². The van der Waals surface area contributed by atoms with E-state index in [-0.39, 0.29) is 17.6 Å². The minimum absolute atomic E-state index is 0.202. The first-order valence-electron chi connectivity index (χ1n) is 13.1. The molecular formula is C27H43NO2. The van der Waals surface area contributed by atoms with Crippen LogP contribution >= 0.6 is 0 Å². The highest BCUT2D eigenvalue weighted by Gasteiger charge is 2.67. The van der Waals surface area contributed by atoms with Crippen molar-refractivity contribution >= 4 is 0 Å². The molecule has 6 rings (SSSR count). The van der Waals surface area contributed by atoms with Gasteiger partial charge in [0.2, 0.25) is 0 Å². The van der Waals surface area contributed by atoms with Crippen LogP contribution in [0.3, 0.4) is 0 Å². The largest absolute Gasteiger partial charge is 0.393 e. The molecule has 12 atom stereocenters. The van der Waals surface area contributed by atoms with Gasteiger partial charge in [0.1, 0.15) is 0 Å². The molecule has 30 heavy (non-hydrogen) atoms. The van der Waals surface area contributed by atoms with E-state index >= 15 is 0 Å². The zero-order valence-corrected chi connectivity index (χ0v) is 19.6. The first-order valence-corrected chi connectivity index (χ1v) is 13.1. The quantitative estimate of drug-likeness (QED) is 0.569.